The minimum absolute atomic E-state index is 0.388. The third kappa shape index (κ3) is 2.58. The Morgan fingerprint density at radius 3 is 2.24 bits per heavy atom. The summed E-state index contributed by atoms with van der Waals surface area (Å²) in [4.78, 5) is 11.3. The summed E-state index contributed by atoms with van der Waals surface area (Å²) in [6, 6.07) is 12.4. The molecular formula is C19H20O2. The van der Waals surface area contributed by atoms with Crippen LogP contribution in [0.25, 0.3) is 11.1 Å². The second kappa shape index (κ2) is 5.36. The van der Waals surface area contributed by atoms with Gasteiger partial charge in [0.05, 0.1) is 5.56 Å². The number of carboxylic acid groups (broad SMARTS) is 1. The summed E-state index contributed by atoms with van der Waals surface area (Å²) in [6.45, 7) is 3.88. The Labute approximate surface area is 125 Å². The van der Waals surface area contributed by atoms with Crippen molar-refractivity contribution in [3.05, 3.63) is 58.7 Å². The van der Waals surface area contributed by atoms with Crippen LogP contribution in [0.5, 0.6) is 0 Å². The van der Waals surface area contributed by atoms with Gasteiger partial charge in [0.2, 0.25) is 0 Å². The summed E-state index contributed by atoms with van der Waals surface area (Å²) in [5.41, 5.74) is 5.84. The maximum absolute atomic E-state index is 11.3. The van der Waals surface area contributed by atoms with Gasteiger partial charge in [-0.25, -0.2) is 4.79 Å². The quantitative estimate of drug-likeness (QED) is 0.865. The van der Waals surface area contributed by atoms with Gasteiger partial charge in [0.1, 0.15) is 0 Å². The number of hydrogen-bond acceptors (Lipinski definition) is 1. The van der Waals surface area contributed by atoms with Crippen LogP contribution in [0.15, 0.2) is 36.4 Å². The van der Waals surface area contributed by atoms with E-state index in [0.717, 1.165) is 28.2 Å². The zero-order valence-electron chi connectivity index (χ0n) is 12.5. The molecule has 2 aromatic carbocycles. The monoisotopic (exact) mass is 280 g/mol. The highest BCUT2D eigenvalue weighted by atomic mass is 16.4. The lowest BCUT2D eigenvalue weighted by Gasteiger charge is -2.25. The van der Waals surface area contributed by atoms with Crippen LogP contribution in [-0.4, -0.2) is 11.1 Å². The summed E-state index contributed by atoms with van der Waals surface area (Å²) >= 11 is 0. The zero-order valence-corrected chi connectivity index (χ0v) is 12.5. The third-order valence-electron chi connectivity index (χ3n) is 4.60. The van der Waals surface area contributed by atoms with E-state index in [2.05, 4.69) is 24.3 Å². The molecule has 2 aromatic rings. The maximum Gasteiger partial charge on any atom is 0.335 e. The van der Waals surface area contributed by atoms with Gasteiger partial charge < -0.3 is 5.11 Å². The van der Waals surface area contributed by atoms with Crippen molar-refractivity contribution in [2.45, 2.75) is 39.0 Å². The molecule has 1 aliphatic rings. The molecule has 21 heavy (non-hydrogen) atoms. The van der Waals surface area contributed by atoms with Gasteiger partial charge in [-0.3, -0.25) is 0 Å². The minimum Gasteiger partial charge on any atom is -0.478 e. The van der Waals surface area contributed by atoms with Crippen LogP contribution in [0.2, 0.25) is 0 Å². The van der Waals surface area contributed by atoms with Gasteiger partial charge >= 0.3 is 5.97 Å². The summed E-state index contributed by atoms with van der Waals surface area (Å²) in [5.74, 6) is -0.132. The third-order valence-corrected chi connectivity index (χ3v) is 4.60. The fourth-order valence-electron chi connectivity index (χ4n) is 3.07. The van der Waals surface area contributed by atoms with Crippen molar-refractivity contribution >= 4 is 5.97 Å². The lowest BCUT2D eigenvalue weighted by Crippen LogP contribution is -2.08. The number of hydrogen-bond donors (Lipinski definition) is 1. The van der Waals surface area contributed by atoms with Gasteiger partial charge in [0.15, 0.2) is 0 Å². The largest absolute Gasteiger partial charge is 0.478 e. The highest BCUT2D eigenvalue weighted by Crippen LogP contribution is 2.37. The molecule has 0 atom stereocenters. The van der Waals surface area contributed by atoms with E-state index >= 15 is 0 Å². The molecule has 0 heterocycles. The van der Waals surface area contributed by atoms with Crippen molar-refractivity contribution in [1.29, 1.82) is 0 Å². The second-order valence-electron chi connectivity index (χ2n) is 6.04. The van der Waals surface area contributed by atoms with Crippen LogP contribution in [-0.2, 0) is 0 Å². The van der Waals surface area contributed by atoms with E-state index in [1.807, 2.05) is 19.9 Å². The highest BCUT2D eigenvalue weighted by molar-refractivity contribution is 5.91. The van der Waals surface area contributed by atoms with Gasteiger partial charge in [0, 0.05) is 0 Å². The molecule has 0 bridgehead atoms. The first-order chi connectivity index (χ1) is 10.1. The van der Waals surface area contributed by atoms with Crippen molar-refractivity contribution in [3.63, 3.8) is 0 Å². The van der Waals surface area contributed by atoms with E-state index in [1.54, 1.807) is 6.07 Å². The molecule has 1 saturated carbocycles. The summed E-state index contributed by atoms with van der Waals surface area (Å²) in [5, 5.41) is 9.28. The standard InChI is InChI=1S/C19H20O2/c1-12-10-13(2)18(19(20)21)11-17(12)16-8-6-15(7-9-16)14-4-3-5-14/h6-11,14H,3-5H2,1-2H3,(H,20,21). The molecule has 2 heteroatoms. The Hall–Kier alpha value is -2.09. The summed E-state index contributed by atoms with van der Waals surface area (Å²) in [7, 11) is 0. The normalized spacial score (nSPS) is 14.8. The van der Waals surface area contributed by atoms with Crippen LogP contribution in [0.1, 0.15) is 52.2 Å². The Morgan fingerprint density at radius 1 is 1.05 bits per heavy atom. The van der Waals surface area contributed by atoms with Crippen LogP contribution in [0.4, 0.5) is 0 Å². The van der Waals surface area contributed by atoms with Gasteiger partial charge in [-0.2, -0.15) is 0 Å². The molecule has 0 saturated heterocycles. The van der Waals surface area contributed by atoms with E-state index in [4.69, 9.17) is 0 Å². The maximum atomic E-state index is 11.3. The molecular weight excluding hydrogens is 260 g/mol. The zero-order chi connectivity index (χ0) is 15.0. The second-order valence-corrected chi connectivity index (χ2v) is 6.04. The Balaban J connectivity index is 1.99. The smallest absolute Gasteiger partial charge is 0.335 e. The van der Waals surface area contributed by atoms with Gasteiger partial charge in [-0.1, -0.05) is 36.8 Å². The van der Waals surface area contributed by atoms with Crippen LogP contribution in [0.3, 0.4) is 0 Å². The van der Waals surface area contributed by atoms with Crippen molar-refractivity contribution in [3.8, 4) is 11.1 Å². The number of benzene rings is 2. The molecule has 108 valence electrons. The van der Waals surface area contributed by atoms with Gasteiger partial charge in [-0.15, -0.1) is 0 Å². The molecule has 0 amide bonds. The number of carboxylic acids is 1. The Bertz CT molecular complexity index is 679. The molecule has 0 unspecified atom stereocenters. The SMILES string of the molecule is Cc1cc(C)c(-c2ccc(C3CCC3)cc2)cc1C(=O)O. The van der Waals surface area contributed by atoms with Crippen molar-refractivity contribution in [2.24, 2.45) is 0 Å². The topological polar surface area (TPSA) is 37.3 Å². The Morgan fingerprint density at radius 2 is 1.71 bits per heavy atom. The van der Waals surface area contributed by atoms with E-state index in [-0.39, 0.29) is 0 Å². The summed E-state index contributed by atoms with van der Waals surface area (Å²) < 4.78 is 0. The van der Waals surface area contributed by atoms with Gasteiger partial charge in [-0.05, 0) is 66.5 Å². The fourth-order valence-corrected chi connectivity index (χ4v) is 3.07. The molecule has 2 nitrogen and oxygen atoms in total. The van der Waals surface area contributed by atoms with E-state index in [9.17, 15) is 9.90 Å². The molecule has 1 aliphatic carbocycles. The molecule has 0 radical (unpaired) electrons. The van der Waals surface area contributed by atoms with Crippen molar-refractivity contribution < 1.29 is 9.90 Å². The minimum atomic E-state index is -0.861. The van der Waals surface area contributed by atoms with Crippen LogP contribution in [0, 0.1) is 13.8 Å². The van der Waals surface area contributed by atoms with Crippen LogP contribution < -0.4 is 0 Å². The Kier molecular flexibility index (Phi) is 3.54. The molecule has 1 fully saturated rings. The molecule has 1 N–H and O–H groups in total. The predicted octanol–water partition coefficient (Wildman–Crippen LogP) is 4.94. The number of rotatable bonds is 3. The first-order valence-electron chi connectivity index (χ1n) is 7.51. The highest BCUT2D eigenvalue weighted by Gasteiger charge is 2.19. The number of aryl methyl sites for hydroxylation is 2. The summed E-state index contributed by atoms with van der Waals surface area (Å²) in [6.07, 6.45) is 3.93. The van der Waals surface area contributed by atoms with Crippen LogP contribution >= 0.6 is 0 Å². The first kappa shape index (κ1) is 13.9. The average molecular weight is 280 g/mol. The first-order valence-corrected chi connectivity index (χ1v) is 7.51. The van der Waals surface area contributed by atoms with Gasteiger partial charge in [0.25, 0.3) is 0 Å². The molecule has 0 spiro atoms. The number of carbonyl (C=O) groups is 1. The van der Waals surface area contributed by atoms with E-state index < -0.39 is 5.97 Å². The average Bonchev–Trinajstić information content (AvgIpc) is 2.37. The molecule has 0 aromatic heterocycles. The van der Waals surface area contributed by atoms with Crippen molar-refractivity contribution in [2.75, 3.05) is 0 Å². The van der Waals surface area contributed by atoms with Crippen molar-refractivity contribution in [1.82, 2.24) is 0 Å². The predicted molar refractivity (Wildman–Crippen MR) is 84.9 cm³/mol. The molecule has 0 aliphatic heterocycles. The molecule has 3 rings (SSSR count). The fraction of sp³-hybridized carbons (Fsp3) is 0.316. The van der Waals surface area contributed by atoms with E-state index in [0.29, 0.717) is 5.56 Å². The lowest BCUT2D eigenvalue weighted by atomic mass is 9.79. The van der Waals surface area contributed by atoms with E-state index in [1.165, 1.54) is 24.8 Å². The number of aromatic carboxylic acids is 1. The lowest BCUT2D eigenvalue weighted by molar-refractivity contribution is 0.0696.